The number of benzene rings is 2. The number of carbonyl (C=O) groups excluding carboxylic acids is 3. The number of esters is 1. The highest BCUT2D eigenvalue weighted by atomic mass is 32.2. The smallest absolute Gasteiger partial charge is 0.337 e. The van der Waals surface area contributed by atoms with E-state index in [1.54, 1.807) is 24.0 Å². The van der Waals surface area contributed by atoms with Crippen molar-refractivity contribution in [1.29, 1.82) is 0 Å². The van der Waals surface area contributed by atoms with Gasteiger partial charge in [-0.3, -0.25) is 13.9 Å². The largest absolute Gasteiger partial charge is 0.465 e. The first-order valence-electron chi connectivity index (χ1n) is 10.5. The van der Waals surface area contributed by atoms with Crippen molar-refractivity contribution in [2.24, 2.45) is 0 Å². The number of anilines is 2. The van der Waals surface area contributed by atoms with Gasteiger partial charge in [0.2, 0.25) is 15.9 Å². The maximum atomic E-state index is 12.7. The summed E-state index contributed by atoms with van der Waals surface area (Å²) in [6.45, 7) is 3.19. The van der Waals surface area contributed by atoms with E-state index in [2.05, 4.69) is 5.32 Å². The van der Waals surface area contributed by atoms with Crippen LogP contribution < -0.4 is 9.62 Å². The van der Waals surface area contributed by atoms with Gasteiger partial charge in [0.05, 0.1) is 37.8 Å². The van der Waals surface area contributed by atoms with E-state index in [0.717, 1.165) is 10.6 Å². The molecule has 1 N–H and O–H groups in total. The number of ether oxygens (including phenoxy) is 2. The molecule has 2 aromatic carbocycles. The minimum atomic E-state index is -3.81. The summed E-state index contributed by atoms with van der Waals surface area (Å²) in [6.07, 6.45) is 0.996. The van der Waals surface area contributed by atoms with E-state index < -0.39 is 28.4 Å². The third-order valence-corrected chi connectivity index (χ3v) is 6.46. The molecule has 0 spiro atoms. The maximum absolute atomic E-state index is 12.7. The molecule has 0 aliphatic carbocycles. The van der Waals surface area contributed by atoms with Crippen molar-refractivity contribution < 1.29 is 32.3 Å². The van der Waals surface area contributed by atoms with Crippen LogP contribution in [0.5, 0.6) is 0 Å². The van der Waals surface area contributed by atoms with E-state index in [4.69, 9.17) is 9.47 Å². The molecule has 2 amide bonds. The molecule has 3 rings (SSSR count). The average molecular weight is 490 g/mol. The summed E-state index contributed by atoms with van der Waals surface area (Å²) < 4.78 is 35.8. The molecule has 1 aliphatic heterocycles. The van der Waals surface area contributed by atoms with Gasteiger partial charge >= 0.3 is 5.97 Å². The van der Waals surface area contributed by atoms with Crippen molar-refractivity contribution in [2.75, 3.05) is 55.8 Å². The quantitative estimate of drug-likeness (QED) is 0.587. The fraction of sp³-hybridized carbons (Fsp3) is 0.348. The van der Waals surface area contributed by atoms with Crippen molar-refractivity contribution in [3.8, 4) is 0 Å². The Morgan fingerprint density at radius 1 is 1.06 bits per heavy atom. The third-order valence-electron chi connectivity index (χ3n) is 5.32. The van der Waals surface area contributed by atoms with Crippen molar-refractivity contribution in [3.05, 3.63) is 59.2 Å². The molecule has 2 aromatic rings. The highest BCUT2D eigenvalue weighted by Crippen LogP contribution is 2.21. The molecule has 182 valence electrons. The van der Waals surface area contributed by atoms with Crippen LogP contribution in [-0.4, -0.2) is 77.3 Å². The minimum Gasteiger partial charge on any atom is -0.465 e. The Bertz CT molecular complexity index is 1170. The van der Waals surface area contributed by atoms with Gasteiger partial charge in [0.1, 0.15) is 6.54 Å². The van der Waals surface area contributed by atoms with Crippen LogP contribution in [-0.2, 0) is 24.3 Å². The number of morpholine rings is 1. The number of hydrogen-bond acceptors (Lipinski definition) is 7. The van der Waals surface area contributed by atoms with Gasteiger partial charge < -0.3 is 19.7 Å². The van der Waals surface area contributed by atoms with Crippen molar-refractivity contribution in [2.45, 2.75) is 6.92 Å². The molecule has 0 saturated carbocycles. The van der Waals surface area contributed by atoms with Crippen LogP contribution in [0.3, 0.4) is 0 Å². The highest BCUT2D eigenvalue weighted by Gasteiger charge is 2.23. The van der Waals surface area contributed by atoms with Crippen molar-refractivity contribution >= 4 is 39.2 Å². The lowest BCUT2D eigenvalue weighted by Gasteiger charge is -2.27. The molecule has 0 radical (unpaired) electrons. The summed E-state index contributed by atoms with van der Waals surface area (Å²) in [5, 5.41) is 2.65. The fourth-order valence-electron chi connectivity index (χ4n) is 3.44. The van der Waals surface area contributed by atoms with Crippen LogP contribution in [0.1, 0.15) is 26.3 Å². The van der Waals surface area contributed by atoms with E-state index in [-0.39, 0.29) is 17.2 Å². The fourth-order valence-corrected chi connectivity index (χ4v) is 4.30. The van der Waals surface area contributed by atoms with Gasteiger partial charge in [-0.15, -0.1) is 0 Å². The van der Waals surface area contributed by atoms with Gasteiger partial charge in [-0.2, -0.15) is 0 Å². The van der Waals surface area contributed by atoms with Gasteiger partial charge in [-0.1, -0.05) is 6.07 Å². The van der Waals surface area contributed by atoms with E-state index in [9.17, 15) is 22.8 Å². The SMILES string of the molecule is COC(=O)c1ccc(C)c(NC(=O)CN(c2ccc(C(=O)N3CCOCC3)cc2)S(C)(=O)=O)c1. The topological polar surface area (TPSA) is 122 Å². The normalized spacial score (nSPS) is 13.8. The summed E-state index contributed by atoms with van der Waals surface area (Å²) in [5.41, 5.74) is 1.98. The average Bonchev–Trinajstić information content (AvgIpc) is 2.83. The third kappa shape index (κ3) is 6.12. The molecule has 11 heteroatoms. The van der Waals surface area contributed by atoms with Crippen LogP contribution in [0.15, 0.2) is 42.5 Å². The lowest BCUT2D eigenvalue weighted by atomic mass is 10.1. The predicted octanol–water partition coefficient (Wildman–Crippen LogP) is 1.66. The molecule has 1 saturated heterocycles. The van der Waals surface area contributed by atoms with Crippen molar-refractivity contribution in [1.82, 2.24) is 4.90 Å². The van der Waals surface area contributed by atoms with E-state index >= 15 is 0 Å². The van der Waals surface area contributed by atoms with Crippen LogP contribution in [0, 0.1) is 6.92 Å². The van der Waals surface area contributed by atoms with Crippen LogP contribution in [0.25, 0.3) is 0 Å². The van der Waals surface area contributed by atoms with Gasteiger partial charge in [0, 0.05) is 24.3 Å². The second-order valence-electron chi connectivity index (χ2n) is 7.79. The van der Waals surface area contributed by atoms with Gasteiger partial charge in [0.15, 0.2) is 0 Å². The zero-order valence-electron chi connectivity index (χ0n) is 19.2. The standard InChI is InChI=1S/C23H27N3O7S/c1-16-4-5-18(23(29)32-2)14-20(16)24-21(27)15-26(34(3,30)31)19-8-6-17(7-9-19)22(28)25-10-12-33-13-11-25/h4-9,14H,10-13,15H2,1-3H3,(H,24,27). The molecule has 0 aromatic heterocycles. The van der Waals surface area contributed by atoms with Gasteiger partial charge in [-0.25, -0.2) is 13.2 Å². The molecule has 0 unspecified atom stereocenters. The number of rotatable bonds is 7. The molecule has 1 aliphatic rings. The zero-order chi connectivity index (χ0) is 24.9. The Balaban J connectivity index is 1.76. The lowest BCUT2D eigenvalue weighted by molar-refractivity contribution is -0.114. The Labute approximate surface area is 198 Å². The first-order chi connectivity index (χ1) is 16.1. The van der Waals surface area contributed by atoms with E-state index in [1.807, 2.05) is 0 Å². The van der Waals surface area contributed by atoms with E-state index in [1.165, 1.54) is 37.4 Å². The van der Waals surface area contributed by atoms with E-state index in [0.29, 0.717) is 43.1 Å². The predicted molar refractivity (Wildman–Crippen MR) is 127 cm³/mol. The number of hydrogen-bond donors (Lipinski definition) is 1. The number of sulfonamides is 1. The summed E-state index contributed by atoms with van der Waals surface area (Å²) in [5.74, 6) is -1.32. The Morgan fingerprint density at radius 3 is 2.26 bits per heavy atom. The first-order valence-corrected chi connectivity index (χ1v) is 12.4. The number of aryl methyl sites for hydroxylation is 1. The molecule has 10 nitrogen and oxygen atoms in total. The summed E-state index contributed by atoms with van der Waals surface area (Å²) in [7, 11) is -2.55. The molecule has 0 atom stereocenters. The Morgan fingerprint density at radius 2 is 1.68 bits per heavy atom. The first kappa shape index (κ1) is 25.2. The minimum absolute atomic E-state index is 0.167. The molecule has 1 heterocycles. The Hall–Kier alpha value is -3.44. The Kier molecular flexibility index (Phi) is 7.90. The monoisotopic (exact) mass is 489 g/mol. The van der Waals surface area contributed by atoms with Crippen LogP contribution in [0.2, 0.25) is 0 Å². The second kappa shape index (κ2) is 10.7. The summed E-state index contributed by atoms with van der Waals surface area (Å²) in [4.78, 5) is 38.8. The number of nitrogens with one attached hydrogen (secondary N) is 1. The molecular weight excluding hydrogens is 462 g/mol. The number of carbonyl (C=O) groups is 3. The van der Waals surface area contributed by atoms with Crippen LogP contribution in [0.4, 0.5) is 11.4 Å². The maximum Gasteiger partial charge on any atom is 0.337 e. The van der Waals surface area contributed by atoms with Gasteiger partial charge in [-0.05, 0) is 48.9 Å². The van der Waals surface area contributed by atoms with Gasteiger partial charge in [0.25, 0.3) is 5.91 Å². The molecular formula is C23H27N3O7S. The van der Waals surface area contributed by atoms with Crippen molar-refractivity contribution in [3.63, 3.8) is 0 Å². The summed E-state index contributed by atoms with van der Waals surface area (Å²) in [6, 6.07) is 10.7. The number of methoxy groups -OCH3 is 1. The van der Waals surface area contributed by atoms with Crippen LogP contribution >= 0.6 is 0 Å². The zero-order valence-corrected chi connectivity index (χ0v) is 20.1. The number of nitrogens with zero attached hydrogens (tertiary/aromatic N) is 2. The highest BCUT2D eigenvalue weighted by molar-refractivity contribution is 7.92. The second-order valence-corrected chi connectivity index (χ2v) is 9.70. The summed E-state index contributed by atoms with van der Waals surface area (Å²) >= 11 is 0. The molecule has 1 fully saturated rings. The molecule has 0 bridgehead atoms. The molecule has 34 heavy (non-hydrogen) atoms. The number of amides is 2. The lowest BCUT2D eigenvalue weighted by Crippen LogP contribution is -2.40.